The van der Waals surface area contributed by atoms with Gasteiger partial charge in [-0.25, -0.2) is 4.98 Å². The molecule has 0 radical (unpaired) electrons. The molecule has 0 atom stereocenters. The minimum Gasteiger partial charge on any atom is -0.421 e. The van der Waals surface area contributed by atoms with Gasteiger partial charge in [-0.05, 0) is 6.07 Å². The molecule has 12 heavy (non-hydrogen) atoms. The van der Waals surface area contributed by atoms with Crippen molar-refractivity contribution in [2.24, 2.45) is 0 Å². The first-order valence-electron chi connectivity index (χ1n) is 3.43. The molecule has 2 heterocycles. The van der Waals surface area contributed by atoms with E-state index < -0.39 is 7.12 Å². The van der Waals surface area contributed by atoms with Gasteiger partial charge in [0.2, 0.25) is 0 Å². The normalized spacial score (nSPS) is 10.5. The predicted molar refractivity (Wildman–Crippen MR) is 42.8 cm³/mol. The molecule has 0 aromatic rings. The molecule has 0 aromatic carbocycles. The predicted octanol–water partition coefficient (Wildman–Crippen LogP) is -1.41. The molecule has 0 saturated heterocycles. The number of aromatic nitrogens is 3. The van der Waals surface area contributed by atoms with Crippen LogP contribution in [0.4, 0.5) is 0 Å². The van der Waals surface area contributed by atoms with Crippen LogP contribution in [-0.4, -0.2) is 32.1 Å². The zero-order valence-electron chi connectivity index (χ0n) is 6.10. The molecule has 0 aliphatic carbocycles. The quantitative estimate of drug-likeness (QED) is 0.451. The third-order valence-electron chi connectivity index (χ3n) is 1.56. The van der Waals surface area contributed by atoms with Crippen molar-refractivity contribution in [2.45, 2.75) is 0 Å². The Morgan fingerprint density at radius 2 is 2.17 bits per heavy atom. The van der Waals surface area contributed by atoms with Gasteiger partial charge >= 0.3 is 7.12 Å². The lowest BCUT2D eigenvalue weighted by atomic mass is 9.90. The number of rotatable bonds is 1. The summed E-state index contributed by atoms with van der Waals surface area (Å²) in [5.74, 6) is 0. The maximum atomic E-state index is 8.76. The van der Waals surface area contributed by atoms with E-state index in [1.54, 1.807) is 12.3 Å². The summed E-state index contributed by atoms with van der Waals surface area (Å²) in [4.78, 5) is 10.5. The molecule has 60 valence electrons. The Bertz CT molecular complexity index is 362. The van der Waals surface area contributed by atoms with Crippen LogP contribution in [0, 0.1) is 0 Å². The minimum atomic E-state index is -1.57. The molecule has 2 rings (SSSR count). The Morgan fingerprint density at radius 3 is 2.92 bits per heavy atom. The van der Waals surface area contributed by atoms with Crippen LogP contribution >= 0.6 is 0 Å². The molecular formula is C6H6BN3O2. The number of nitrogens with zero attached hydrogens (tertiary/aromatic N) is 2. The van der Waals surface area contributed by atoms with Gasteiger partial charge in [0.05, 0.1) is 11.9 Å². The summed E-state index contributed by atoms with van der Waals surface area (Å²) in [6.07, 6.45) is 3.11. The standard InChI is InChI=1S/C6H6BN3O2/c11-7(12)6-9-3-5-4(10-6)1-2-8-5/h1-3,11-12H,(H,9,10). The van der Waals surface area contributed by atoms with Crippen LogP contribution in [0.2, 0.25) is 0 Å². The van der Waals surface area contributed by atoms with Crippen molar-refractivity contribution in [3.05, 3.63) is 18.5 Å². The molecule has 2 aliphatic heterocycles. The summed E-state index contributed by atoms with van der Waals surface area (Å²) in [7, 11) is -1.57. The van der Waals surface area contributed by atoms with Gasteiger partial charge in [-0.1, -0.05) is 0 Å². The Kier molecular flexibility index (Phi) is 1.56. The second-order valence-electron chi connectivity index (χ2n) is 2.39. The molecule has 3 N–H and O–H groups in total. The van der Waals surface area contributed by atoms with Gasteiger partial charge in [-0.15, -0.1) is 0 Å². The van der Waals surface area contributed by atoms with E-state index in [0.29, 0.717) is 5.69 Å². The number of H-pyrrole nitrogens is 1. The third-order valence-corrected chi connectivity index (χ3v) is 1.56. The summed E-state index contributed by atoms with van der Waals surface area (Å²) in [6, 6.07) is 1.74. The molecule has 0 saturated carbocycles. The molecule has 0 aromatic heterocycles. The van der Waals surface area contributed by atoms with Crippen molar-refractivity contribution in [1.82, 2.24) is 15.0 Å². The Labute approximate surface area is 68.6 Å². The molecule has 0 bridgehead atoms. The van der Waals surface area contributed by atoms with E-state index in [1.807, 2.05) is 0 Å². The van der Waals surface area contributed by atoms with Crippen molar-refractivity contribution >= 4 is 12.8 Å². The molecule has 2 aliphatic rings. The lowest BCUT2D eigenvalue weighted by molar-refractivity contribution is 0.422. The summed E-state index contributed by atoms with van der Waals surface area (Å²) in [5.41, 5.74) is 1.57. The van der Waals surface area contributed by atoms with E-state index in [4.69, 9.17) is 10.0 Å². The van der Waals surface area contributed by atoms with Crippen LogP contribution in [0.15, 0.2) is 18.5 Å². The highest BCUT2D eigenvalue weighted by Gasteiger charge is 2.15. The largest absolute Gasteiger partial charge is 0.526 e. The van der Waals surface area contributed by atoms with Crippen molar-refractivity contribution < 1.29 is 10.0 Å². The maximum absolute atomic E-state index is 8.76. The number of hydrogen-bond acceptors (Lipinski definition) is 4. The van der Waals surface area contributed by atoms with E-state index in [9.17, 15) is 0 Å². The number of nitrogens with one attached hydrogen (secondary N) is 1. The zero-order valence-corrected chi connectivity index (χ0v) is 6.10. The monoisotopic (exact) mass is 163 g/mol. The fourth-order valence-corrected chi connectivity index (χ4v) is 0.988. The van der Waals surface area contributed by atoms with Crippen LogP contribution in [0.5, 0.6) is 0 Å². The van der Waals surface area contributed by atoms with E-state index in [-0.39, 0.29) is 5.72 Å². The Balaban J connectivity index is 2.54. The molecule has 0 spiro atoms. The molecule has 5 nitrogen and oxygen atoms in total. The topological polar surface area (TPSA) is 82.0 Å². The second kappa shape index (κ2) is 2.58. The fraction of sp³-hybridized carbons (Fsp3) is 0. The SMILES string of the molecule is OB(O)c1ncc2nccc-2[nH]1. The molecule has 0 fully saturated rings. The van der Waals surface area contributed by atoms with Gasteiger partial charge in [-0.3, -0.25) is 4.98 Å². The number of hydrogen-bond donors (Lipinski definition) is 3. The van der Waals surface area contributed by atoms with E-state index >= 15 is 0 Å². The Morgan fingerprint density at radius 1 is 1.33 bits per heavy atom. The van der Waals surface area contributed by atoms with Crippen LogP contribution < -0.4 is 5.72 Å². The summed E-state index contributed by atoms with van der Waals surface area (Å²) in [5, 5.41) is 17.5. The zero-order chi connectivity index (χ0) is 8.55. The fourth-order valence-electron chi connectivity index (χ4n) is 0.988. The summed E-state index contributed by atoms with van der Waals surface area (Å²) >= 11 is 0. The highest BCUT2D eigenvalue weighted by atomic mass is 16.4. The molecular weight excluding hydrogens is 157 g/mol. The van der Waals surface area contributed by atoms with Gasteiger partial charge in [-0.2, -0.15) is 0 Å². The smallest absolute Gasteiger partial charge is 0.421 e. The summed E-state index contributed by atoms with van der Waals surface area (Å²) in [6.45, 7) is 0. The average Bonchev–Trinajstić information content (AvgIpc) is 2.49. The lowest BCUT2D eigenvalue weighted by Gasteiger charge is -2.01. The number of aromatic amines is 1. The first kappa shape index (κ1) is 7.26. The van der Waals surface area contributed by atoms with Gasteiger partial charge in [0.25, 0.3) is 0 Å². The molecule has 6 heteroatoms. The number of fused-ring (bicyclic) bond motifs is 1. The highest BCUT2D eigenvalue weighted by molar-refractivity contribution is 6.56. The van der Waals surface area contributed by atoms with E-state index in [0.717, 1.165) is 5.69 Å². The third kappa shape index (κ3) is 1.07. The lowest BCUT2D eigenvalue weighted by Crippen LogP contribution is -2.35. The van der Waals surface area contributed by atoms with Crippen LogP contribution in [0.25, 0.3) is 11.4 Å². The van der Waals surface area contributed by atoms with Crippen molar-refractivity contribution in [1.29, 1.82) is 0 Å². The highest BCUT2D eigenvalue weighted by Crippen LogP contribution is 2.12. The minimum absolute atomic E-state index is 0.121. The van der Waals surface area contributed by atoms with Gasteiger partial charge in [0.1, 0.15) is 11.4 Å². The average molecular weight is 163 g/mol. The van der Waals surface area contributed by atoms with Crippen molar-refractivity contribution in [3.63, 3.8) is 0 Å². The van der Waals surface area contributed by atoms with Gasteiger partial charge < -0.3 is 15.0 Å². The van der Waals surface area contributed by atoms with Crippen molar-refractivity contribution in [2.75, 3.05) is 0 Å². The maximum Gasteiger partial charge on any atom is 0.526 e. The van der Waals surface area contributed by atoms with Crippen LogP contribution in [0.3, 0.4) is 0 Å². The summed E-state index contributed by atoms with van der Waals surface area (Å²) < 4.78 is 0. The molecule has 0 amide bonds. The first-order chi connectivity index (χ1) is 5.77. The Hall–Kier alpha value is -1.40. The van der Waals surface area contributed by atoms with E-state index in [2.05, 4.69) is 15.0 Å². The van der Waals surface area contributed by atoms with Crippen LogP contribution in [0.1, 0.15) is 0 Å². The molecule has 0 unspecified atom stereocenters. The van der Waals surface area contributed by atoms with Gasteiger partial charge in [0, 0.05) is 6.20 Å². The van der Waals surface area contributed by atoms with Gasteiger partial charge in [0.15, 0.2) is 0 Å². The first-order valence-corrected chi connectivity index (χ1v) is 3.43. The van der Waals surface area contributed by atoms with Crippen molar-refractivity contribution in [3.8, 4) is 11.4 Å². The second-order valence-corrected chi connectivity index (χ2v) is 2.39. The van der Waals surface area contributed by atoms with E-state index in [1.165, 1.54) is 6.20 Å². The van der Waals surface area contributed by atoms with Crippen LogP contribution in [-0.2, 0) is 0 Å².